The molecule has 2 heterocycles. The van der Waals surface area contributed by atoms with E-state index < -0.39 is 0 Å². The number of imidazole rings is 1. The maximum absolute atomic E-state index is 4.54. The number of hydrogen-bond donors (Lipinski definition) is 1. The van der Waals surface area contributed by atoms with E-state index in [2.05, 4.69) is 34.9 Å². The monoisotopic (exact) mass is 207 g/mol. The summed E-state index contributed by atoms with van der Waals surface area (Å²) in [6.45, 7) is 6.78. The van der Waals surface area contributed by atoms with Gasteiger partial charge in [0.15, 0.2) is 0 Å². The second-order valence-corrected chi connectivity index (χ2v) is 4.47. The van der Waals surface area contributed by atoms with Crippen LogP contribution in [0.15, 0.2) is 12.4 Å². The lowest BCUT2D eigenvalue weighted by Gasteiger charge is -2.25. The summed E-state index contributed by atoms with van der Waals surface area (Å²) in [5, 5.41) is 3.40. The van der Waals surface area contributed by atoms with E-state index in [9.17, 15) is 0 Å². The molecular formula is C12H21N3. The molecule has 1 fully saturated rings. The fourth-order valence-electron chi connectivity index (χ4n) is 2.29. The third kappa shape index (κ3) is 2.23. The normalized spacial score (nSPS) is 20.4. The van der Waals surface area contributed by atoms with Crippen molar-refractivity contribution in [2.24, 2.45) is 0 Å². The number of rotatable bonds is 3. The summed E-state index contributed by atoms with van der Waals surface area (Å²) in [4.78, 5) is 4.54. The zero-order valence-corrected chi connectivity index (χ0v) is 9.74. The molecule has 15 heavy (non-hydrogen) atoms. The minimum atomic E-state index is 0.581. The van der Waals surface area contributed by atoms with Gasteiger partial charge in [0.2, 0.25) is 0 Å². The van der Waals surface area contributed by atoms with Crippen LogP contribution in [0.1, 0.15) is 50.9 Å². The Bertz CT molecular complexity index is 300. The van der Waals surface area contributed by atoms with Crippen molar-refractivity contribution in [1.82, 2.24) is 14.9 Å². The van der Waals surface area contributed by atoms with E-state index in [4.69, 9.17) is 0 Å². The highest BCUT2D eigenvalue weighted by molar-refractivity contribution is 5.03. The zero-order chi connectivity index (χ0) is 10.7. The van der Waals surface area contributed by atoms with Gasteiger partial charge in [-0.25, -0.2) is 4.98 Å². The van der Waals surface area contributed by atoms with Crippen molar-refractivity contribution < 1.29 is 0 Å². The predicted molar refractivity (Wildman–Crippen MR) is 62.1 cm³/mol. The molecule has 1 N–H and O–H groups in total. The van der Waals surface area contributed by atoms with Crippen LogP contribution in [0.5, 0.6) is 0 Å². The van der Waals surface area contributed by atoms with E-state index in [0.717, 1.165) is 13.1 Å². The number of piperidine rings is 1. The smallest absolute Gasteiger partial charge is 0.112 e. The van der Waals surface area contributed by atoms with Gasteiger partial charge in [-0.05, 0) is 39.3 Å². The van der Waals surface area contributed by atoms with Crippen LogP contribution in [-0.4, -0.2) is 22.6 Å². The van der Waals surface area contributed by atoms with Gasteiger partial charge in [-0.3, -0.25) is 0 Å². The molecule has 0 aliphatic carbocycles. The second kappa shape index (κ2) is 4.79. The van der Waals surface area contributed by atoms with Crippen LogP contribution in [0.4, 0.5) is 0 Å². The standard InChI is InChI=1S/C12H21N3/c1-3-10(2)15-9-8-14-12(15)11-4-6-13-7-5-11/h8-11,13H,3-7H2,1-2H3. The van der Waals surface area contributed by atoms with Gasteiger partial charge in [-0.2, -0.15) is 0 Å². The van der Waals surface area contributed by atoms with Crippen LogP contribution in [0.25, 0.3) is 0 Å². The third-order valence-corrected chi connectivity index (χ3v) is 3.47. The Hall–Kier alpha value is -0.830. The van der Waals surface area contributed by atoms with Gasteiger partial charge in [0.05, 0.1) is 0 Å². The lowest BCUT2D eigenvalue weighted by atomic mass is 9.97. The average molecular weight is 207 g/mol. The molecule has 84 valence electrons. The molecular weight excluding hydrogens is 186 g/mol. The fraction of sp³-hybridized carbons (Fsp3) is 0.750. The summed E-state index contributed by atoms with van der Waals surface area (Å²) < 4.78 is 2.36. The molecule has 0 amide bonds. The van der Waals surface area contributed by atoms with Crippen molar-refractivity contribution in [2.75, 3.05) is 13.1 Å². The number of nitrogens with one attached hydrogen (secondary N) is 1. The van der Waals surface area contributed by atoms with E-state index in [-0.39, 0.29) is 0 Å². The van der Waals surface area contributed by atoms with Crippen LogP contribution in [0.2, 0.25) is 0 Å². The molecule has 3 nitrogen and oxygen atoms in total. The Kier molecular flexibility index (Phi) is 3.41. The largest absolute Gasteiger partial charge is 0.332 e. The Morgan fingerprint density at radius 2 is 2.27 bits per heavy atom. The molecule has 1 saturated heterocycles. The first-order valence-corrected chi connectivity index (χ1v) is 6.06. The number of hydrogen-bond acceptors (Lipinski definition) is 2. The van der Waals surface area contributed by atoms with Gasteiger partial charge in [-0.1, -0.05) is 6.92 Å². The maximum Gasteiger partial charge on any atom is 0.112 e. The summed E-state index contributed by atoms with van der Waals surface area (Å²) >= 11 is 0. The van der Waals surface area contributed by atoms with Crippen LogP contribution >= 0.6 is 0 Å². The van der Waals surface area contributed by atoms with Crippen molar-refractivity contribution in [3.05, 3.63) is 18.2 Å². The molecule has 1 aliphatic heterocycles. The molecule has 0 aromatic carbocycles. The zero-order valence-electron chi connectivity index (χ0n) is 9.74. The molecule has 1 aromatic heterocycles. The molecule has 2 rings (SSSR count). The highest BCUT2D eigenvalue weighted by Crippen LogP contribution is 2.26. The molecule has 0 radical (unpaired) electrons. The van der Waals surface area contributed by atoms with E-state index in [1.807, 2.05) is 6.20 Å². The second-order valence-electron chi connectivity index (χ2n) is 4.47. The average Bonchev–Trinajstić information content (AvgIpc) is 2.78. The van der Waals surface area contributed by atoms with Crippen molar-refractivity contribution in [3.8, 4) is 0 Å². The Labute approximate surface area is 91.9 Å². The van der Waals surface area contributed by atoms with Crippen molar-refractivity contribution in [1.29, 1.82) is 0 Å². The van der Waals surface area contributed by atoms with Gasteiger partial charge < -0.3 is 9.88 Å². The van der Waals surface area contributed by atoms with Gasteiger partial charge in [0.1, 0.15) is 5.82 Å². The van der Waals surface area contributed by atoms with Crippen LogP contribution in [-0.2, 0) is 0 Å². The van der Waals surface area contributed by atoms with Crippen LogP contribution < -0.4 is 5.32 Å². The van der Waals surface area contributed by atoms with Crippen molar-refractivity contribution in [3.63, 3.8) is 0 Å². The highest BCUT2D eigenvalue weighted by Gasteiger charge is 2.20. The first-order valence-electron chi connectivity index (χ1n) is 6.06. The van der Waals surface area contributed by atoms with Crippen LogP contribution in [0.3, 0.4) is 0 Å². The van der Waals surface area contributed by atoms with Gasteiger partial charge in [0, 0.05) is 24.4 Å². The minimum Gasteiger partial charge on any atom is -0.332 e. The molecule has 1 atom stereocenters. The Balaban J connectivity index is 2.15. The summed E-state index contributed by atoms with van der Waals surface area (Å²) in [5.74, 6) is 1.96. The molecule has 1 aromatic rings. The first-order chi connectivity index (χ1) is 7.33. The van der Waals surface area contributed by atoms with Crippen LogP contribution in [0, 0.1) is 0 Å². The number of aromatic nitrogens is 2. The number of nitrogens with zero attached hydrogens (tertiary/aromatic N) is 2. The lowest BCUT2D eigenvalue weighted by molar-refractivity contribution is 0.410. The summed E-state index contributed by atoms with van der Waals surface area (Å²) in [6.07, 6.45) is 7.71. The molecule has 0 spiro atoms. The van der Waals surface area contributed by atoms with Crippen molar-refractivity contribution in [2.45, 2.75) is 45.1 Å². The van der Waals surface area contributed by atoms with Crippen molar-refractivity contribution >= 4 is 0 Å². The van der Waals surface area contributed by atoms with Gasteiger partial charge in [0.25, 0.3) is 0 Å². The minimum absolute atomic E-state index is 0.581. The van der Waals surface area contributed by atoms with E-state index in [0.29, 0.717) is 12.0 Å². The topological polar surface area (TPSA) is 29.9 Å². The van der Waals surface area contributed by atoms with E-state index in [1.165, 1.54) is 25.1 Å². The maximum atomic E-state index is 4.54. The Morgan fingerprint density at radius 3 is 2.93 bits per heavy atom. The lowest BCUT2D eigenvalue weighted by Crippen LogP contribution is -2.28. The molecule has 0 saturated carbocycles. The summed E-state index contributed by atoms with van der Waals surface area (Å²) in [7, 11) is 0. The SMILES string of the molecule is CCC(C)n1ccnc1C1CCNCC1. The molecule has 1 aliphatic rings. The molecule has 0 bridgehead atoms. The van der Waals surface area contributed by atoms with E-state index >= 15 is 0 Å². The quantitative estimate of drug-likeness (QED) is 0.824. The van der Waals surface area contributed by atoms with Gasteiger partial charge >= 0.3 is 0 Å². The van der Waals surface area contributed by atoms with E-state index in [1.54, 1.807) is 0 Å². The first kappa shape index (κ1) is 10.7. The Morgan fingerprint density at radius 1 is 1.53 bits per heavy atom. The fourth-order valence-corrected chi connectivity index (χ4v) is 2.29. The third-order valence-electron chi connectivity index (χ3n) is 3.47. The summed E-state index contributed by atoms with van der Waals surface area (Å²) in [5.41, 5.74) is 0. The molecule has 3 heteroatoms. The highest BCUT2D eigenvalue weighted by atomic mass is 15.1. The molecule has 1 unspecified atom stereocenters. The van der Waals surface area contributed by atoms with Gasteiger partial charge in [-0.15, -0.1) is 0 Å². The summed E-state index contributed by atoms with van der Waals surface area (Å²) in [6, 6.07) is 0.581. The predicted octanol–water partition coefficient (Wildman–Crippen LogP) is 2.32.